The van der Waals surface area contributed by atoms with Crippen molar-refractivity contribution in [3.63, 3.8) is 0 Å². The highest BCUT2D eigenvalue weighted by Gasteiger charge is 2.01. The molecule has 0 saturated heterocycles. The van der Waals surface area contributed by atoms with Crippen molar-refractivity contribution in [2.45, 2.75) is 44.4 Å². The fourth-order valence-electron chi connectivity index (χ4n) is 1.32. The Kier molecular flexibility index (Phi) is 6.52. The zero-order valence-corrected chi connectivity index (χ0v) is 10.3. The number of rotatable bonds is 8. The lowest BCUT2D eigenvalue weighted by atomic mass is 10.2. The van der Waals surface area contributed by atoms with Crippen LogP contribution < -0.4 is 5.32 Å². The first kappa shape index (κ1) is 12.6. The Bertz CT molecular complexity index is 239. The van der Waals surface area contributed by atoms with Crippen molar-refractivity contribution < 1.29 is 4.42 Å². The monoisotopic (exact) mass is 228 g/mol. The van der Waals surface area contributed by atoms with Gasteiger partial charge in [-0.15, -0.1) is 0 Å². The number of thioether (sulfide) groups is 1. The van der Waals surface area contributed by atoms with Crippen molar-refractivity contribution in [3.8, 4) is 0 Å². The maximum absolute atomic E-state index is 5.14. The van der Waals surface area contributed by atoms with Crippen molar-refractivity contribution in [2.75, 3.05) is 12.3 Å². The zero-order chi connectivity index (χ0) is 10.9. The fraction of sp³-hybridized carbons (Fsp3) is 0.727. The van der Waals surface area contributed by atoms with Gasteiger partial charge in [-0.05, 0) is 32.7 Å². The largest absolute Gasteiger partial charge is 0.440 e. The molecule has 0 aliphatic heterocycles. The SMILES string of the molecule is CCCNC(C)CCCSc1ncco1. The topological polar surface area (TPSA) is 38.1 Å². The van der Waals surface area contributed by atoms with Crippen LogP contribution in [-0.2, 0) is 0 Å². The Balaban J connectivity index is 1.97. The van der Waals surface area contributed by atoms with Gasteiger partial charge in [-0.1, -0.05) is 18.7 Å². The molecule has 4 heteroatoms. The number of aromatic nitrogens is 1. The molecule has 0 bridgehead atoms. The van der Waals surface area contributed by atoms with Crippen molar-refractivity contribution >= 4 is 11.8 Å². The first-order valence-electron chi connectivity index (χ1n) is 5.58. The van der Waals surface area contributed by atoms with Gasteiger partial charge in [0, 0.05) is 11.8 Å². The lowest BCUT2D eigenvalue weighted by Crippen LogP contribution is -2.26. The van der Waals surface area contributed by atoms with Crippen LogP contribution in [0, 0.1) is 0 Å². The molecule has 0 amide bonds. The van der Waals surface area contributed by atoms with E-state index in [1.54, 1.807) is 24.2 Å². The summed E-state index contributed by atoms with van der Waals surface area (Å²) in [6, 6.07) is 0.620. The lowest BCUT2D eigenvalue weighted by Gasteiger charge is -2.11. The minimum absolute atomic E-state index is 0.620. The summed E-state index contributed by atoms with van der Waals surface area (Å²) < 4.78 is 5.14. The third kappa shape index (κ3) is 5.85. The summed E-state index contributed by atoms with van der Waals surface area (Å²) in [5, 5.41) is 4.26. The van der Waals surface area contributed by atoms with Crippen molar-refractivity contribution in [1.29, 1.82) is 0 Å². The van der Waals surface area contributed by atoms with Gasteiger partial charge < -0.3 is 9.73 Å². The Morgan fingerprint density at radius 1 is 1.60 bits per heavy atom. The molecule has 1 aromatic rings. The Labute approximate surface area is 96.0 Å². The van der Waals surface area contributed by atoms with Crippen LogP contribution in [0.15, 0.2) is 22.1 Å². The zero-order valence-electron chi connectivity index (χ0n) is 9.53. The summed E-state index contributed by atoms with van der Waals surface area (Å²) in [5.41, 5.74) is 0. The molecular weight excluding hydrogens is 208 g/mol. The number of hydrogen-bond acceptors (Lipinski definition) is 4. The van der Waals surface area contributed by atoms with Crippen LogP contribution in [0.4, 0.5) is 0 Å². The summed E-state index contributed by atoms with van der Waals surface area (Å²) in [6.07, 6.45) is 6.93. The third-order valence-corrected chi connectivity index (χ3v) is 3.10. The normalized spacial score (nSPS) is 12.9. The molecule has 0 aromatic carbocycles. The second-order valence-corrected chi connectivity index (χ2v) is 4.69. The summed E-state index contributed by atoms with van der Waals surface area (Å²) in [7, 11) is 0. The maximum atomic E-state index is 5.14. The first-order valence-corrected chi connectivity index (χ1v) is 6.57. The van der Waals surface area contributed by atoms with Gasteiger partial charge in [0.1, 0.15) is 6.26 Å². The van der Waals surface area contributed by atoms with Crippen LogP contribution in [0.1, 0.15) is 33.1 Å². The second-order valence-electron chi connectivity index (χ2n) is 3.64. The van der Waals surface area contributed by atoms with E-state index in [4.69, 9.17) is 4.42 Å². The maximum Gasteiger partial charge on any atom is 0.255 e. The molecule has 15 heavy (non-hydrogen) atoms. The predicted octanol–water partition coefficient (Wildman–Crippen LogP) is 2.94. The van der Waals surface area contributed by atoms with Gasteiger partial charge in [0.15, 0.2) is 0 Å². The molecule has 3 nitrogen and oxygen atoms in total. The van der Waals surface area contributed by atoms with Crippen LogP contribution in [0.5, 0.6) is 0 Å². The molecule has 1 atom stereocenters. The van der Waals surface area contributed by atoms with E-state index in [-0.39, 0.29) is 0 Å². The van der Waals surface area contributed by atoms with E-state index in [0.717, 1.165) is 17.5 Å². The fourth-order valence-corrected chi connectivity index (χ4v) is 2.07. The third-order valence-electron chi connectivity index (χ3n) is 2.16. The van der Waals surface area contributed by atoms with Crippen molar-refractivity contribution in [2.24, 2.45) is 0 Å². The molecule has 1 aromatic heterocycles. The van der Waals surface area contributed by atoms with E-state index in [0.29, 0.717) is 6.04 Å². The molecule has 0 aliphatic carbocycles. The Morgan fingerprint density at radius 2 is 2.47 bits per heavy atom. The van der Waals surface area contributed by atoms with Gasteiger partial charge in [-0.2, -0.15) is 0 Å². The molecule has 1 unspecified atom stereocenters. The van der Waals surface area contributed by atoms with Gasteiger partial charge in [-0.25, -0.2) is 4.98 Å². The minimum Gasteiger partial charge on any atom is -0.440 e. The van der Waals surface area contributed by atoms with Gasteiger partial charge in [0.2, 0.25) is 0 Å². The highest BCUT2D eigenvalue weighted by molar-refractivity contribution is 7.99. The quantitative estimate of drug-likeness (QED) is 0.548. The minimum atomic E-state index is 0.620. The number of nitrogens with one attached hydrogen (secondary N) is 1. The molecule has 0 saturated carbocycles. The highest BCUT2D eigenvalue weighted by atomic mass is 32.2. The van der Waals surface area contributed by atoms with Crippen LogP contribution in [-0.4, -0.2) is 23.3 Å². The first-order chi connectivity index (χ1) is 7.33. The molecule has 0 fully saturated rings. The van der Waals surface area contributed by atoms with E-state index in [1.807, 2.05) is 0 Å². The molecule has 0 radical (unpaired) electrons. The van der Waals surface area contributed by atoms with E-state index in [1.165, 1.54) is 19.3 Å². The van der Waals surface area contributed by atoms with Gasteiger partial charge >= 0.3 is 0 Å². The standard InChI is InChI=1S/C11H20N2OS/c1-3-6-12-10(2)5-4-9-15-11-13-7-8-14-11/h7-8,10,12H,3-6,9H2,1-2H3. The van der Waals surface area contributed by atoms with Crippen LogP contribution in [0.25, 0.3) is 0 Å². The van der Waals surface area contributed by atoms with Crippen LogP contribution in [0.2, 0.25) is 0 Å². The summed E-state index contributed by atoms with van der Waals surface area (Å²) in [5.74, 6) is 1.08. The van der Waals surface area contributed by atoms with Crippen LogP contribution in [0.3, 0.4) is 0 Å². The average Bonchev–Trinajstić information content (AvgIpc) is 2.74. The number of nitrogens with zero attached hydrogens (tertiary/aromatic N) is 1. The smallest absolute Gasteiger partial charge is 0.255 e. The Hall–Kier alpha value is -0.480. The highest BCUT2D eigenvalue weighted by Crippen LogP contribution is 2.16. The molecule has 1 N–H and O–H groups in total. The molecule has 1 rings (SSSR count). The van der Waals surface area contributed by atoms with Gasteiger partial charge in [0.25, 0.3) is 5.22 Å². The summed E-state index contributed by atoms with van der Waals surface area (Å²) in [6.45, 7) is 5.55. The summed E-state index contributed by atoms with van der Waals surface area (Å²) in [4.78, 5) is 4.06. The van der Waals surface area contributed by atoms with Crippen LogP contribution >= 0.6 is 11.8 Å². The van der Waals surface area contributed by atoms with E-state index >= 15 is 0 Å². The van der Waals surface area contributed by atoms with Crippen molar-refractivity contribution in [1.82, 2.24) is 10.3 Å². The summed E-state index contributed by atoms with van der Waals surface area (Å²) >= 11 is 1.69. The second kappa shape index (κ2) is 7.77. The Morgan fingerprint density at radius 3 is 3.13 bits per heavy atom. The van der Waals surface area contributed by atoms with Gasteiger partial charge in [0.05, 0.1) is 6.20 Å². The van der Waals surface area contributed by atoms with E-state index in [9.17, 15) is 0 Å². The predicted molar refractivity (Wildman–Crippen MR) is 64.2 cm³/mol. The van der Waals surface area contributed by atoms with E-state index < -0.39 is 0 Å². The molecule has 0 spiro atoms. The molecule has 1 heterocycles. The average molecular weight is 228 g/mol. The molecular formula is C11H20N2OS. The number of hydrogen-bond donors (Lipinski definition) is 1. The van der Waals surface area contributed by atoms with Crippen molar-refractivity contribution in [3.05, 3.63) is 12.5 Å². The molecule has 86 valence electrons. The van der Waals surface area contributed by atoms with E-state index in [2.05, 4.69) is 24.1 Å². The lowest BCUT2D eigenvalue weighted by molar-refractivity contribution is 0.453. The molecule has 0 aliphatic rings. The van der Waals surface area contributed by atoms with Gasteiger partial charge in [-0.3, -0.25) is 0 Å². The number of oxazole rings is 1.